The maximum Gasteiger partial charge on any atom is 0.411 e. The first kappa shape index (κ1) is 12.7. The third-order valence-electron chi connectivity index (χ3n) is 1.70. The van der Waals surface area contributed by atoms with Gasteiger partial charge in [0.1, 0.15) is 18.2 Å². The molecule has 0 aliphatic carbocycles. The summed E-state index contributed by atoms with van der Waals surface area (Å²) in [5, 5.41) is 2.81. The standard InChI is InChI=1S/C9H12F3N3O/c1-13-7-2-4-14-8(15-7)3-5-16-6-9(10,11)12/h2,4H,3,5-6H2,1H3,(H,13,14,15). The van der Waals surface area contributed by atoms with Gasteiger partial charge in [-0.1, -0.05) is 0 Å². The van der Waals surface area contributed by atoms with Crippen LogP contribution < -0.4 is 5.32 Å². The Morgan fingerprint density at radius 3 is 2.81 bits per heavy atom. The SMILES string of the molecule is CNc1ccnc(CCOCC(F)(F)F)n1. The lowest BCUT2D eigenvalue weighted by molar-refractivity contribution is -0.173. The fourth-order valence-corrected chi connectivity index (χ4v) is 1.01. The van der Waals surface area contributed by atoms with Crippen molar-refractivity contribution in [2.45, 2.75) is 12.6 Å². The predicted molar refractivity (Wildman–Crippen MR) is 52.2 cm³/mol. The molecule has 0 aliphatic rings. The normalized spacial score (nSPS) is 11.5. The molecule has 90 valence electrons. The molecule has 1 rings (SSSR count). The smallest absolute Gasteiger partial charge is 0.373 e. The third kappa shape index (κ3) is 4.92. The summed E-state index contributed by atoms with van der Waals surface area (Å²) in [5.41, 5.74) is 0. The second-order valence-corrected chi connectivity index (χ2v) is 3.03. The van der Waals surface area contributed by atoms with Crippen molar-refractivity contribution in [2.75, 3.05) is 25.6 Å². The highest BCUT2D eigenvalue weighted by Crippen LogP contribution is 2.14. The lowest BCUT2D eigenvalue weighted by atomic mass is 10.4. The van der Waals surface area contributed by atoms with Crippen LogP contribution in [0.4, 0.5) is 19.0 Å². The molecule has 0 unspecified atom stereocenters. The maximum absolute atomic E-state index is 11.7. The monoisotopic (exact) mass is 235 g/mol. The van der Waals surface area contributed by atoms with Crippen molar-refractivity contribution in [3.63, 3.8) is 0 Å². The lowest BCUT2D eigenvalue weighted by Crippen LogP contribution is -2.18. The van der Waals surface area contributed by atoms with Crippen molar-refractivity contribution in [3.05, 3.63) is 18.1 Å². The summed E-state index contributed by atoms with van der Waals surface area (Å²) in [7, 11) is 1.70. The van der Waals surface area contributed by atoms with Crippen LogP contribution >= 0.6 is 0 Å². The first-order valence-electron chi connectivity index (χ1n) is 4.65. The molecule has 0 aromatic carbocycles. The predicted octanol–water partition coefficient (Wildman–Crippen LogP) is 1.64. The second kappa shape index (κ2) is 5.64. The number of alkyl halides is 3. The van der Waals surface area contributed by atoms with E-state index in [1.54, 1.807) is 13.1 Å². The Hall–Kier alpha value is -1.37. The van der Waals surface area contributed by atoms with Gasteiger partial charge < -0.3 is 10.1 Å². The summed E-state index contributed by atoms with van der Waals surface area (Å²) in [5.74, 6) is 1.08. The highest BCUT2D eigenvalue weighted by atomic mass is 19.4. The Kier molecular flexibility index (Phi) is 4.48. The van der Waals surface area contributed by atoms with Gasteiger partial charge in [-0.05, 0) is 6.07 Å². The molecule has 0 saturated carbocycles. The number of nitrogens with one attached hydrogen (secondary N) is 1. The van der Waals surface area contributed by atoms with E-state index in [4.69, 9.17) is 0 Å². The average molecular weight is 235 g/mol. The van der Waals surface area contributed by atoms with E-state index in [0.29, 0.717) is 11.6 Å². The molecule has 0 atom stereocenters. The number of ether oxygens (including phenoxy) is 1. The van der Waals surface area contributed by atoms with Gasteiger partial charge in [0.2, 0.25) is 0 Å². The highest BCUT2D eigenvalue weighted by molar-refractivity contribution is 5.31. The fourth-order valence-electron chi connectivity index (χ4n) is 1.01. The van der Waals surface area contributed by atoms with E-state index in [0.717, 1.165) is 0 Å². The minimum Gasteiger partial charge on any atom is -0.373 e. The number of nitrogens with zero attached hydrogens (tertiary/aromatic N) is 2. The molecular formula is C9H12F3N3O. The molecule has 1 aromatic rings. The Bertz CT molecular complexity index is 330. The van der Waals surface area contributed by atoms with Crippen molar-refractivity contribution in [1.29, 1.82) is 0 Å². The Labute approximate surface area is 90.9 Å². The van der Waals surface area contributed by atoms with E-state index in [-0.39, 0.29) is 13.0 Å². The molecule has 0 amide bonds. The fraction of sp³-hybridized carbons (Fsp3) is 0.556. The molecule has 16 heavy (non-hydrogen) atoms. The zero-order valence-electron chi connectivity index (χ0n) is 8.71. The molecule has 0 bridgehead atoms. The van der Waals surface area contributed by atoms with Crippen LogP contribution in [0.25, 0.3) is 0 Å². The zero-order chi connectivity index (χ0) is 12.0. The van der Waals surface area contributed by atoms with Gasteiger partial charge in [-0.2, -0.15) is 13.2 Å². The van der Waals surface area contributed by atoms with Crippen LogP contribution in [0.2, 0.25) is 0 Å². The molecular weight excluding hydrogens is 223 g/mol. The van der Waals surface area contributed by atoms with Crippen LogP contribution in [0, 0.1) is 0 Å². The van der Waals surface area contributed by atoms with Gasteiger partial charge in [0.05, 0.1) is 6.61 Å². The molecule has 0 saturated heterocycles. The van der Waals surface area contributed by atoms with Crippen molar-refractivity contribution in [2.24, 2.45) is 0 Å². The first-order valence-corrected chi connectivity index (χ1v) is 4.65. The molecule has 1 aromatic heterocycles. The van der Waals surface area contributed by atoms with Crippen LogP contribution in [0.5, 0.6) is 0 Å². The van der Waals surface area contributed by atoms with Crippen molar-refractivity contribution in [3.8, 4) is 0 Å². The van der Waals surface area contributed by atoms with E-state index in [2.05, 4.69) is 20.0 Å². The van der Waals surface area contributed by atoms with Crippen LogP contribution in [0.3, 0.4) is 0 Å². The maximum atomic E-state index is 11.7. The number of halogens is 3. The van der Waals surface area contributed by atoms with Gasteiger partial charge in [-0.25, -0.2) is 9.97 Å². The summed E-state index contributed by atoms with van der Waals surface area (Å²) < 4.78 is 39.7. The number of anilines is 1. The number of hydrogen-bond donors (Lipinski definition) is 1. The summed E-state index contributed by atoms with van der Waals surface area (Å²) in [6, 6.07) is 1.67. The van der Waals surface area contributed by atoms with Gasteiger partial charge in [0.25, 0.3) is 0 Å². The van der Waals surface area contributed by atoms with E-state index >= 15 is 0 Å². The van der Waals surface area contributed by atoms with Gasteiger partial charge in [-0.3, -0.25) is 0 Å². The van der Waals surface area contributed by atoms with Gasteiger partial charge >= 0.3 is 6.18 Å². The largest absolute Gasteiger partial charge is 0.411 e. The molecule has 1 heterocycles. The molecule has 1 N–H and O–H groups in total. The number of aromatic nitrogens is 2. The van der Waals surface area contributed by atoms with E-state index in [1.165, 1.54) is 6.20 Å². The second-order valence-electron chi connectivity index (χ2n) is 3.03. The van der Waals surface area contributed by atoms with E-state index in [1.807, 2.05) is 0 Å². The summed E-state index contributed by atoms with van der Waals surface area (Å²) in [6.45, 7) is -1.29. The third-order valence-corrected chi connectivity index (χ3v) is 1.70. The minimum atomic E-state index is -4.28. The van der Waals surface area contributed by atoms with Crippen LogP contribution in [-0.2, 0) is 11.2 Å². The lowest BCUT2D eigenvalue weighted by Gasteiger charge is -2.07. The molecule has 0 aliphatic heterocycles. The topological polar surface area (TPSA) is 47.0 Å². The average Bonchev–Trinajstić information content (AvgIpc) is 2.23. The van der Waals surface area contributed by atoms with E-state index < -0.39 is 12.8 Å². The van der Waals surface area contributed by atoms with Crippen LogP contribution in [-0.4, -0.2) is 36.4 Å². The van der Waals surface area contributed by atoms with E-state index in [9.17, 15) is 13.2 Å². The molecule has 0 spiro atoms. The number of rotatable bonds is 5. The van der Waals surface area contributed by atoms with Gasteiger partial charge in [-0.15, -0.1) is 0 Å². The zero-order valence-corrected chi connectivity index (χ0v) is 8.71. The quantitative estimate of drug-likeness (QED) is 0.788. The van der Waals surface area contributed by atoms with Gasteiger partial charge in [0, 0.05) is 19.7 Å². The van der Waals surface area contributed by atoms with Crippen molar-refractivity contribution >= 4 is 5.82 Å². The van der Waals surface area contributed by atoms with Crippen molar-refractivity contribution < 1.29 is 17.9 Å². The Balaban J connectivity index is 2.32. The summed E-state index contributed by atoms with van der Waals surface area (Å²) >= 11 is 0. The summed E-state index contributed by atoms with van der Waals surface area (Å²) in [6.07, 6.45) is -2.49. The minimum absolute atomic E-state index is 0.0489. The molecule has 4 nitrogen and oxygen atoms in total. The molecule has 0 radical (unpaired) electrons. The van der Waals surface area contributed by atoms with Crippen molar-refractivity contribution in [1.82, 2.24) is 9.97 Å². The van der Waals surface area contributed by atoms with Crippen LogP contribution in [0.15, 0.2) is 12.3 Å². The molecule has 0 fully saturated rings. The molecule has 7 heteroatoms. The number of hydrogen-bond acceptors (Lipinski definition) is 4. The highest BCUT2D eigenvalue weighted by Gasteiger charge is 2.27. The summed E-state index contributed by atoms with van der Waals surface area (Å²) in [4.78, 5) is 7.95. The van der Waals surface area contributed by atoms with Gasteiger partial charge in [0.15, 0.2) is 0 Å². The first-order chi connectivity index (χ1) is 7.51. The Morgan fingerprint density at radius 2 is 2.19 bits per heavy atom. The van der Waals surface area contributed by atoms with Crippen LogP contribution in [0.1, 0.15) is 5.82 Å². The Morgan fingerprint density at radius 1 is 1.44 bits per heavy atom.